The number of ether oxygens (including phenoxy) is 4. The lowest BCUT2D eigenvalue weighted by Crippen LogP contribution is -2.22. The SMILES string of the molecule is C[Si](C)(C)CCOCOC(=O)c1cc(Cl)cc(OCOCC[Si](C)(C)C)c1Br. The Hall–Kier alpha value is -0.386. The Kier molecular flexibility index (Phi) is 10.7. The maximum Gasteiger partial charge on any atom is 0.341 e. The number of rotatable bonds is 12. The number of carbonyl (C=O) groups is 1. The molecule has 1 aromatic carbocycles. The van der Waals surface area contributed by atoms with Crippen LogP contribution in [-0.4, -0.2) is 48.9 Å². The van der Waals surface area contributed by atoms with Gasteiger partial charge in [-0.1, -0.05) is 50.9 Å². The molecule has 0 fully saturated rings. The van der Waals surface area contributed by atoms with Crippen LogP contribution in [0, 0.1) is 0 Å². The predicted octanol–water partition coefficient (Wildman–Crippen LogP) is 6.26. The molecule has 0 saturated carbocycles. The summed E-state index contributed by atoms with van der Waals surface area (Å²) in [7, 11) is -2.31. The van der Waals surface area contributed by atoms with Gasteiger partial charge in [-0.3, -0.25) is 0 Å². The molecule has 1 aromatic rings. The second-order valence-electron chi connectivity index (χ2n) is 9.02. The standard InChI is InChI=1S/C19H32BrClO5Si2/c1-27(2,3)9-7-23-13-25-17-12-15(21)11-16(18(17)20)19(22)26-14-24-8-10-28(4,5)6/h11-12H,7-10,13-14H2,1-6H3. The summed E-state index contributed by atoms with van der Waals surface area (Å²) in [6, 6.07) is 5.24. The van der Waals surface area contributed by atoms with Crippen molar-refractivity contribution in [2.24, 2.45) is 0 Å². The Morgan fingerprint density at radius 1 is 0.964 bits per heavy atom. The van der Waals surface area contributed by atoms with Gasteiger partial charge in [0.2, 0.25) is 0 Å². The molecule has 0 aliphatic carbocycles. The minimum atomic E-state index is -1.17. The summed E-state index contributed by atoms with van der Waals surface area (Å²) >= 11 is 9.53. The molecule has 0 atom stereocenters. The van der Waals surface area contributed by atoms with E-state index in [1.54, 1.807) is 6.07 Å². The minimum Gasteiger partial charge on any atom is -0.466 e. The Balaban J connectivity index is 2.54. The monoisotopic (exact) mass is 510 g/mol. The third-order valence-electron chi connectivity index (χ3n) is 3.79. The molecule has 160 valence electrons. The second kappa shape index (κ2) is 11.7. The summed E-state index contributed by atoms with van der Waals surface area (Å²) in [5.41, 5.74) is 0.290. The van der Waals surface area contributed by atoms with Crippen LogP contribution in [0.2, 0.25) is 56.4 Å². The molecule has 0 aromatic heterocycles. The molecule has 0 saturated heterocycles. The molecule has 1 rings (SSSR count). The molecule has 0 aliphatic rings. The summed E-state index contributed by atoms with van der Waals surface area (Å²) in [6.07, 6.45) is 0. The van der Waals surface area contributed by atoms with Crippen molar-refractivity contribution in [3.05, 3.63) is 27.2 Å². The van der Waals surface area contributed by atoms with E-state index in [2.05, 4.69) is 55.2 Å². The topological polar surface area (TPSA) is 54.0 Å². The van der Waals surface area contributed by atoms with Crippen LogP contribution in [0.4, 0.5) is 0 Å². The van der Waals surface area contributed by atoms with Crippen molar-refractivity contribution < 1.29 is 23.7 Å². The first-order valence-electron chi connectivity index (χ1n) is 9.33. The zero-order valence-electron chi connectivity index (χ0n) is 17.7. The van der Waals surface area contributed by atoms with Crippen molar-refractivity contribution in [1.82, 2.24) is 0 Å². The van der Waals surface area contributed by atoms with Gasteiger partial charge in [0.25, 0.3) is 0 Å². The van der Waals surface area contributed by atoms with E-state index in [1.165, 1.54) is 6.07 Å². The predicted molar refractivity (Wildman–Crippen MR) is 123 cm³/mol. The lowest BCUT2D eigenvalue weighted by molar-refractivity contribution is -0.0278. The Labute approximate surface area is 184 Å². The van der Waals surface area contributed by atoms with E-state index in [0.717, 1.165) is 12.1 Å². The van der Waals surface area contributed by atoms with Gasteiger partial charge >= 0.3 is 5.97 Å². The van der Waals surface area contributed by atoms with Crippen LogP contribution < -0.4 is 4.74 Å². The van der Waals surface area contributed by atoms with Gasteiger partial charge in [-0.05, 0) is 34.1 Å². The summed E-state index contributed by atoms with van der Waals surface area (Å²) in [6.45, 7) is 14.9. The maximum atomic E-state index is 12.4. The molecule has 28 heavy (non-hydrogen) atoms. The number of benzene rings is 1. The van der Waals surface area contributed by atoms with Crippen molar-refractivity contribution in [3.63, 3.8) is 0 Å². The van der Waals surface area contributed by atoms with Gasteiger partial charge in [-0.15, -0.1) is 0 Å². The van der Waals surface area contributed by atoms with Crippen molar-refractivity contribution in [1.29, 1.82) is 0 Å². The fourth-order valence-electron chi connectivity index (χ4n) is 1.97. The summed E-state index contributed by atoms with van der Waals surface area (Å²) in [5, 5.41) is 0.381. The van der Waals surface area contributed by atoms with Gasteiger partial charge < -0.3 is 18.9 Å². The van der Waals surface area contributed by atoms with E-state index in [1.807, 2.05) is 0 Å². The van der Waals surface area contributed by atoms with Gasteiger partial charge in [0.15, 0.2) is 13.6 Å². The molecule has 0 spiro atoms. The summed E-state index contributed by atoms with van der Waals surface area (Å²) in [5.74, 6) is -0.0843. The zero-order valence-corrected chi connectivity index (χ0v) is 22.0. The van der Waals surface area contributed by atoms with E-state index < -0.39 is 22.1 Å². The average Bonchev–Trinajstić information content (AvgIpc) is 2.54. The Morgan fingerprint density at radius 3 is 2.04 bits per heavy atom. The molecule has 0 heterocycles. The fraction of sp³-hybridized carbons (Fsp3) is 0.632. The van der Waals surface area contributed by atoms with Gasteiger partial charge in [0.05, 0.1) is 10.0 Å². The normalized spacial score (nSPS) is 12.1. The summed E-state index contributed by atoms with van der Waals surface area (Å²) < 4.78 is 22.3. The highest BCUT2D eigenvalue weighted by atomic mass is 79.9. The summed E-state index contributed by atoms with van der Waals surface area (Å²) in [4.78, 5) is 12.4. The molecule has 0 bridgehead atoms. The van der Waals surface area contributed by atoms with E-state index in [9.17, 15) is 4.79 Å². The van der Waals surface area contributed by atoms with Crippen LogP contribution in [0.25, 0.3) is 0 Å². The lowest BCUT2D eigenvalue weighted by Gasteiger charge is -2.16. The van der Waals surface area contributed by atoms with Crippen LogP contribution in [0.3, 0.4) is 0 Å². The molecular weight excluding hydrogens is 480 g/mol. The molecule has 0 radical (unpaired) electrons. The van der Waals surface area contributed by atoms with Gasteiger partial charge in [0, 0.05) is 40.5 Å². The highest BCUT2D eigenvalue weighted by Crippen LogP contribution is 2.33. The highest BCUT2D eigenvalue weighted by Gasteiger charge is 2.18. The van der Waals surface area contributed by atoms with Crippen molar-refractivity contribution in [2.45, 2.75) is 51.4 Å². The van der Waals surface area contributed by atoms with Crippen LogP contribution in [0.1, 0.15) is 10.4 Å². The molecule has 9 heteroatoms. The molecular formula is C19H32BrClO5Si2. The van der Waals surface area contributed by atoms with Crippen LogP contribution in [0.5, 0.6) is 5.75 Å². The van der Waals surface area contributed by atoms with E-state index in [4.69, 9.17) is 30.5 Å². The van der Waals surface area contributed by atoms with Gasteiger partial charge in [-0.2, -0.15) is 0 Å². The quantitative estimate of drug-likeness (QED) is 0.143. The number of esters is 1. The third kappa shape index (κ3) is 11.0. The fourth-order valence-corrected chi connectivity index (χ4v) is 4.20. The first kappa shape index (κ1) is 25.6. The molecule has 0 N–H and O–H groups in total. The Morgan fingerprint density at radius 2 is 1.50 bits per heavy atom. The van der Waals surface area contributed by atoms with Gasteiger partial charge in [0.1, 0.15) is 5.75 Å². The third-order valence-corrected chi connectivity index (χ3v) is 8.23. The van der Waals surface area contributed by atoms with Gasteiger partial charge in [-0.25, -0.2) is 4.79 Å². The molecule has 5 nitrogen and oxygen atoms in total. The molecule has 0 unspecified atom stereocenters. The number of halogens is 2. The molecule has 0 amide bonds. The van der Waals surface area contributed by atoms with Crippen LogP contribution in [0.15, 0.2) is 16.6 Å². The molecule has 0 aliphatic heterocycles. The number of hydrogen-bond donors (Lipinski definition) is 0. The number of carbonyl (C=O) groups excluding carboxylic acids is 1. The van der Waals surface area contributed by atoms with Crippen molar-refractivity contribution in [3.8, 4) is 5.75 Å². The van der Waals surface area contributed by atoms with Crippen molar-refractivity contribution in [2.75, 3.05) is 26.8 Å². The van der Waals surface area contributed by atoms with Crippen LogP contribution >= 0.6 is 27.5 Å². The lowest BCUT2D eigenvalue weighted by atomic mass is 10.2. The van der Waals surface area contributed by atoms with E-state index >= 15 is 0 Å². The first-order valence-corrected chi connectivity index (χ1v) is 17.9. The largest absolute Gasteiger partial charge is 0.466 e. The van der Waals surface area contributed by atoms with E-state index in [0.29, 0.717) is 34.0 Å². The Bertz CT molecular complexity index is 644. The average molecular weight is 512 g/mol. The van der Waals surface area contributed by atoms with Crippen molar-refractivity contribution >= 4 is 49.6 Å². The maximum absolute atomic E-state index is 12.4. The number of hydrogen-bond acceptors (Lipinski definition) is 5. The van der Waals surface area contributed by atoms with Crippen LogP contribution in [-0.2, 0) is 14.2 Å². The smallest absolute Gasteiger partial charge is 0.341 e. The second-order valence-corrected chi connectivity index (χ2v) is 21.5. The zero-order chi connectivity index (χ0) is 21.4. The minimum absolute atomic E-state index is 0.0851. The first-order chi connectivity index (χ1) is 12.9. The highest BCUT2D eigenvalue weighted by molar-refractivity contribution is 9.10. The van der Waals surface area contributed by atoms with E-state index in [-0.39, 0.29) is 13.6 Å².